The first kappa shape index (κ1) is 18.9. The van der Waals surface area contributed by atoms with Crippen LogP contribution in [0.4, 0.5) is 0 Å². The minimum Gasteiger partial charge on any atom is -0.379 e. The van der Waals surface area contributed by atoms with Crippen LogP contribution in [0.3, 0.4) is 0 Å². The second-order valence-corrected chi connectivity index (χ2v) is 6.85. The van der Waals surface area contributed by atoms with Crippen molar-refractivity contribution >= 4 is 5.96 Å². The molecule has 1 heterocycles. The lowest BCUT2D eigenvalue weighted by Gasteiger charge is -2.30. The van der Waals surface area contributed by atoms with Crippen molar-refractivity contribution in [1.82, 2.24) is 25.4 Å². The smallest absolute Gasteiger partial charge is 0.191 e. The zero-order valence-corrected chi connectivity index (χ0v) is 15.7. The van der Waals surface area contributed by atoms with E-state index < -0.39 is 0 Å². The van der Waals surface area contributed by atoms with Crippen LogP contribution in [0.5, 0.6) is 0 Å². The van der Waals surface area contributed by atoms with E-state index in [4.69, 9.17) is 4.74 Å². The molecule has 1 unspecified atom stereocenters. The quantitative estimate of drug-likeness (QED) is 0.619. The van der Waals surface area contributed by atoms with Crippen molar-refractivity contribution in [3.8, 4) is 5.69 Å². The number of ether oxygens (including phenoxy) is 1. The van der Waals surface area contributed by atoms with Crippen LogP contribution in [0, 0.1) is 5.41 Å². The van der Waals surface area contributed by atoms with Crippen molar-refractivity contribution in [2.45, 2.75) is 33.4 Å². The Morgan fingerprint density at radius 2 is 1.96 bits per heavy atom. The molecule has 0 radical (unpaired) electrons. The Labute approximate surface area is 149 Å². The maximum absolute atomic E-state index is 5.57. The SMILES string of the molecule is CN=C(NCc1nncn1-c1ccccc1)NCC(OC)C(C)(C)C. The number of guanidine groups is 1. The van der Waals surface area contributed by atoms with Crippen LogP contribution in [-0.2, 0) is 11.3 Å². The number of hydrogen-bond donors (Lipinski definition) is 2. The summed E-state index contributed by atoms with van der Waals surface area (Å²) in [5.41, 5.74) is 1.08. The van der Waals surface area contributed by atoms with Gasteiger partial charge in [0.1, 0.15) is 6.33 Å². The maximum atomic E-state index is 5.57. The van der Waals surface area contributed by atoms with Gasteiger partial charge in [0.25, 0.3) is 0 Å². The van der Waals surface area contributed by atoms with Gasteiger partial charge in [-0.2, -0.15) is 0 Å². The summed E-state index contributed by atoms with van der Waals surface area (Å²) in [6.07, 6.45) is 1.79. The molecule has 2 N–H and O–H groups in total. The summed E-state index contributed by atoms with van der Waals surface area (Å²) >= 11 is 0. The highest BCUT2D eigenvalue weighted by Crippen LogP contribution is 2.20. The van der Waals surface area contributed by atoms with E-state index in [1.807, 2.05) is 34.9 Å². The molecule has 0 fully saturated rings. The fourth-order valence-corrected chi connectivity index (χ4v) is 2.50. The molecule has 2 aromatic rings. The zero-order chi connectivity index (χ0) is 18.3. The molecule has 0 spiro atoms. The maximum Gasteiger partial charge on any atom is 0.191 e. The lowest BCUT2D eigenvalue weighted by molar-refractivity contribution is 0.0205. The highest BCUT2D eigenvalue weighted by atomic mass is 16.5. The molecule has 2 rings (SSSR count). The highest BCUT2D eigenvalue weighted by molar-refractivity contribution is 5.79. The topological polar surface area (TPSA) is 76.4 Å². The van der Waals surface area contributed by atoms with Crippen molar-refractivity contribution in [2.24, 2.45) is 10.4 Å². The van der Waals surface area contributed by atoms with E-state index in [9.17, 15) is 0 Å². The first-order valence-electron chi connectivity index (χ1n) is 8.37. The predicted molar refractivity (Wildman–Crippen MR) is 99.8 cm³/mol. The second kappa shape index (κ2) is 8.62. The van der Waals surface area contributed by atoms with Crippen molar-refractivity contribution in [3.05, 3.63) is 42.5 Å². The molecule has 25 heavy (non-hydrogen) atoms. The molecule has 1 aromatic carbocycles. The summed E-state index contributed by atoms with van der Waals surface area (Å²) in [6, 6.07) is 10.0. The molecular weight excluding hydrogens is 316 g/mol. The number of hydrogen-bond acceptors (Lipinski definition) is 4. The molecule has 0 amide bonds. The first-order chi connectivity index (χ1) is 12.0. The number of aliphatic imine (C=N–C) groups is 1. The largest absolute Gasteiger partial charge is 0.379 e. The Hall–Kier alpha value is -2.41. The van der Waals surface area contributed by atoms with Crippen molar-refractivity contribution in [3.63, 3.8) is 0 Å². The van der Waals surface area contributed by atoms with Gasteiger partial charge in [0, 0.05) is 26.4 Å². The lowest BCUT2D eigenvalue weighted by atomic mass is 9.89. The van der Waals surface area contributed by atoms with Gasteiger partial charge in [-0.15, -0.1) is 10.2 Å². The molecule has 0 aliphatic carbocycles. The van der Waals surface area contributed by atoms with Crippen LogP contribution in [0.2, 0.25) is 0 Å². The van der Waals surface area contributed by atoms with E-state index >= 15 is 0 Å². The Bertz CT molecular complexity index is 674. The third kappa shape index (κ3) is 5.29. The summed E-state index contributed by atoms with van der Waals surface area (Å²) in [4.78, 5) is 4.26. The van der Waals surface area contributed by atoms with Gasteiger partial charge in [-0.1, -0.05) is 39.0 Å². The van der Waals surface area contributed by atoms with Gasteiger partial charge in [-0.25, -0.2) is 0 Å². The second-order valence-electron chi connectivity index (χ2n) is 6.85. The summed E-state index contributed by atoms with van der Waals surface area (Å²) in [5.74, 6) is 1.52. The molecule has 0 bridgehead atoms. The van der Waals surface area contributed by atoms with Crippen LogP contribution in [0.1, 0.15) is 26.6 Å². The number of aromatic nitrogens is 3. The molecule has 7 nitrogen and oxygen atoms in total. The Balaban J connectivity index is 1.95. The molecule has 1 aromatic heterocycles. The first-order valence-corrected chi connectivity index (χ1v) is 8.37. The Morgan fingerprint density at radius 1 is 1.24 bits per heavy atom. The van der Waals surface area contributed by atoms with Gasteiger partial charge in [0.05, 0.1) is 12.6 Å². The average molecular weight is 344 g/mol. The summed E-state index contributed by atoms with van der Waals surface area (Å²) in [7, 11) is 3.48. The number of rotatable bonds is 6. The number of methoxy groups -OCH3 is 1. The van der Waals surface area contributed by atoms with Gasteiger partial charge < -0.3 is 15.4 Å². The van der Waals surface area contributed by atoms with E-state index in [-0.39, 0.29) is 11.5 Å². The van der Waals surface area contributed by atoms with Crippen LogP contribution in [0.15, 0.2) is 41.7 Å². The highest BCUT2D eigenvalue weighted by Gasteiger charge is 2.24. The van der Waals surface area contributed by atoms with E-state index in [0.29, 0.717) is 19.0 Å². The fraction of sp³-hybridized carbons (Fsp3) is 0.500. The van der Waals surface area contributed by atoms with Crippen LogP contribution in [-0.4, -0.2) is 47.5 Å². The zero-order valence-electron chi connectivity index (χ0n) is 15.7. The Kier molecular flexibility index (Phi) is 6.52. The third-order valence-electron chi connectivity index (χ3n) is 4.00. The van der Waals surface area contributed by atoms with Gasteiger partial charge in [-0.3, -0.25) is 9.56 Å². The summed E-state index contributed by atoms with van der Waals surface area (Å²) < 4.78 is 7.52. The standard InChI is InChI=1S/C18H28N6O/c1-18(2,3)15(25-5)11-20-17(19-4)21-12-16-23-22-13-24(16)14-9-7-6-8-10-14/h6-10,13,15H,11-12H2,1-5H3,(H2,19,20,21). The van der Waals surface area contributed by atoms with E-state index in [0.717, 1.165) is 11.5 Å². The van der Waals surface area contributed by atoms with Gasteiger partial charge in [-0.05, 0) is 17.5 Å². The van der Waals surface area contributed by atoms with Crippen LogP contribution < -0.4 is 10.6 Å². The monoisotopic (exact) mass is 344 g/mol. The van der Waals surface area contributed by atoms with Crippen molar-refractivity contribution in [1.29, 1.82) is 0 Å². The van der Waals surface area contributed by atoms with Crippen LogP contribution in [0.25, 0.3) is 5.69 Å². The minimum absolute atomic E-state index is 0.0497. The Morgan fingerprint density at radius 3 is 2.56 bits per heavy atom. The predicted octanol–water partition coefficient (Wildman–Crippen LogP) is 1.99. The molecule has 7 heteroatoms. The van der Waals surface area contributed by atoms with E-state index in [1.165, 1.54) is 0 Å². The molecule has 1 atom stereocenters. The molecule has 136 valence electrons. The van der Waals surface area contributed by atoms with Gasteiger partial charge in [0.15, 0.2) is 11.8 Å². The minimum atomic E-state index is 0.0497. The molecule has 0 saturated heterocycles. The number of benzene rings is 1. The van der Waals surface area contributed by atoms with Crippen molar-refractivity contribution in [2.75, 3.05) is 20.7 Å². The van der Waals surface area contributed by atoms with Crippen LogP contribution >= 0.6 is 0 Å². The molecule has 0 saturated carbocycles. The summed E-state index contributed by atoms with van der Waals surface area (Å²) in [6.45, 7) is 7.65. The molecule has 0 aliphatic rings. The molecular formula is C18H28N6O. The van der Waals surface area contributed by atoms with E-state index in [1.54, 1.807) is 20.5 Å². The summed E-state index contributed by atoms with van der Waals surface area (Å²) in [5, 5.41) is 14.8. The lowest BCUT2D eigenvalue weighted by Crippen LogP contribution is -2.45. The third-order valence-corrected chi connectivity index (χ3v) is 4.00. The van der Waals surface area contributed by atoms with Gasteiger partial charge in [0.2, 0.25) is 0 Å². The normalized spacial score (nSPS) is 13.6. The van der Waals surface area contributed by atoms with Gasteiger partial charge >= 0.3 is 0 Å². The molecule has 0 aliphatic heterocycles. The van der Waals surface area contributed by atoms with Crippen molar-refractivity contribution < 1.29 is 4.74 Å². The number of nitrogens with one attached hydrogen (secondary N) is 2. The fourth-order valence-electron chi connectivity index (χ4n) is 2.50. The number of para-hydroxylation sites is 1. The average Bonchev–Trinajstić information content (AvgIpc) is 3.06. The number of nitrogens with zero attached hydrogens (tertiary/aromatic N) is 4. The van der Waals surface area contributed by atoms with E-state index in [2.05, 4.69) is 46.6 Å².